The molecule has 0 fully saturated rings. The molecule has 0 aliphatic carbocycles. The highest BCUT2D eigenvalue weighted by molar-refractivity contribution is 6.04. The predicted octanol–water partition coefficient (Wildman–Crippen LogP) is 2.47. The smallest absolute Gasteiger partial charge is 0.332 e. The second kappa shape index (κ2) is 10.7. The van der Waals surface area contributed by atoms with E-state index in [4.69, 9.17) is 14.2 Å². The number of carbonyl (C=O) groups excluding carboxylic acids is 3. The standard InChI is InChI=1S/C20H22N2O6/c1-3-27-13-19(24)28-12-18(23)21-15-6-4-14(5-7-15)20(25)22-16-8-10-17(26-2)11-9-16/h4-11H,3,12-13H2,1-2H3,(H,21,23)(H,22,25). The first-order chi connectivity index (χ1) is 13.5. The first-order valence-corrected chi connectivity index (χ1v) is 8.60. The number of hydrogen-bond acceptors (Lipinski definition) is 6. The van der Waals surface area contributed by atoms with Gasteiger partial charge in [0.25, 0.3) is 11.8 Å². The zero-order valence-electron chi connectivity index (χ0n) is 15.7. The van der Waals surface area contributed by atoms with E-state index < -0.39 is 18.5 Å². The molecule has 148 valence electrons. The maximum atomic E-state index is 12.3. The minimum atomic E-state index is -0.609. The van der Waals surface area contributed by atoms with Crippen LogP contribution in [0.4, 0.5) is 11.4 Å². The van der Waals surface area contributed by atoms with Gasteiger partial charge in [0.1, 0.15) is 12.4 Å². The van der Waals surface area contributed by atoms with Gasteiger partial charge in [0.15, 0.2) is 6.61 Å². The monoisotopic (exact) mass is 386 g/mol. The molecule has 2 amide bonds. The van der Waals surface area contributed by atoms with E-state index in [1.165, 1.54) is 0 Å². The lowest BCUT2D eigenvalue weighted by Crippen LogP contribution is -2.23. The fourth-order valence-electron chi connectivity index (χ4n) is 2.15. The first-order valence-electron chi connectivity index (χ1n) is 8.60. The molecular formula is C20H22N2O6. The zero-order chi connectivity index (χ0) is 20.4. The summed E-state index contributed by atoms with van der Waals surface area (Å²) in [5.41, 5.74) is 1.54. The van der Waals surface area contributed by atoms with Crippen LogP contribution in [0.5, 0.6) is 5.75 Å². The Hall–Kier alpha value is -3.39. The van der Waals surface area contributed by atoms with Crippen molar-refractivity contribution in [3.63, 3.8) is 0 Å². The van der Waals surface area contributed by atoms with E-state index in [0.29, 0.717) is 29.3 Å². The molecule has 0 atom stereocenters. The second-order valence-electron chi connectivity index (χ2n) is 5.61. The molecule has 0 saturated carbocycles. The summed E-state index contributed by atoms with van der Waals surface area (Å²) in [5.74, 6) is -0.683. The van der Waals surface area contributed by atoms with Gasteiger partial charge in [-0.15, -0.1) is 0 Å². The molecule has 0 aliphatic heterocycles. The van der Waals surface area contributed by atoms with Crippen LogP contribution in [0.15, 0.2) is 48.5 Å². The predicted molar refractivity (Wildman–Crippen MR) is 103 cm³/mol. The van der Waals surface area contributed by atoms with E-state index in [1.54, 1.807) is 62.6 Å². The molecule has 0 bridgehead atoms. The summed E-state index contributed by atoms with van der Waals surface area (Å²) in [5, 5.41) is 5.35. The summed E-state index contributed by atoms with van der Waals surface area (Å²) in [6.07, 6.45) is 0. The highest BCUT2D eigenvalue weighted by atomic mass is 16.6. The van der Waals surface area contributed by atoms with Crippen LogP contribution in [0.2, 0.25) is 0 Å². The molecule has 0 radical (unpaired) electrons. The summed E-state index contributed by atoms with van der Waals surface area (Å²) >= 11 is 0. The molecule has 0 aliphatic rings. The molecule has 2 aromatic carbocycles. The summed E-state index contributed by atoms with van der Waals surface area (Å²) in [6, 6.07) is 13.3. The quantitative estimate of drug-likeness (QED) is 0.642. The Morgan fingerprint density at radius 2 is 1.46 bits per heavy atom. The molecular weight excluding hydrogens is 364 g/mol. The van der Waals surface area contributed by atoms with Crippen LogP contribution < -0.4 is 15.4 Å². The number of esters is 1. The SMILES string of the molecule is CCOCC(=O)OCC(=O)Nc1ccc(C(=O)Nc2ccc(OC)cc2)cc1. The van der Waals surface area contributed by atoms with Crippen LogP contribution >= 0.6 is 0 Å². The van der Waals surface area contributed by atoms with Gasteiger partial charge in [-0.2, -0.15) is 0 Å². The molecule has 0 unspecified atom stereocenters. The lowest BCUT2D eigenvalue weighted by atomic mass is 10.2. The Kier molecular flexibility index (Phi) is 7.98. The van der Waals surface area contributed by atoms with Crippen LogP contribution in [0.25, 0.3) is 0 Å². The van der Waals surface area contributed by atoms with Gasteiger partial charge in [-0.1, -0.05) is 0 Å². The fraction of sp³-hybridized carbons (Fsp3) is 0.250. The van der Waals surface area contributed by atoms with Crippen molar-refractivity contribution < 1.29 is 28.6 Å². The second-order valence-corrected chi connectivity index (χ2v) is 5.61. The Labute approximate surface area is 162 Å². The summed E-state index contributed by atoms with van der Waals surface area (Å²) in [7, 11) is 1.57. The Bertz CT molecular complexity index is 802. The maximum Gasteiger partial charge on any atom is 0.332 e. The van der Waals surface area contributed by atoms with Gasteiger partial charge in [0, 0.05) is 23.5 Å². The van der Waals surface area contributed by atoms with Gasteiger partial charge in [-0.25, -0.2) is 4.79 Å². The molecule has 8 heteroatoms. The highest BCUT2D eigenvalue weighted by Gasteiger charge is 2.10. The number of methoxy groups -OCH3 is 1. The number of amides is 2. The van der Waals surface area contributed by atoms with Crippen molar-refractivity contribution >= 4 is 29.2 Å². The first kappa shape index (κ1) is 20.9. The molecule has 2 rings (SSSR count). The number of anilines is 2. The summed E-state index contributed by atoms with van der Waals surface area (Å²) in [4.78, 5) is 35.3. The Balaban J connectivity index is 1.83. The van der Waals surface area contributed by atoms with Crippen molar-refractivity contribution in [3.05, 3.63) is 54.1 Å². The van der Waals surface area contributed by atoms with Crippen molar-refractivity contribution in [1.29, 1.82) is 0 Å². The number of benzene rings is 2. The average Bonchev–Trinajstić information content (AvgIpc) is 2.71. The number of rotatable bonds is 9. The van der Waals surface area contributed by atoms with Crippen molar-refractivity contribution in [2.24, 2.45) is 0 Å². The molecule has 2 N–H and O–H groups in total. The van der Waals surface area contributed by atoms with Crippen LogP contribution in [-0.4, -0.2) is 44.7 Å². The minimum Gasteiger partial charge on any atom is -0.497 e. The lowest BCUT2D eigenvalue weighted by molar-refractivity contribution is -0.151. The zero-order valence-corrected chi connectivity index (χ0v) is 15.7. The summed E-state index contributed by atoms with van der Waals surface area (Å²) in [6.45, 7) is 1.54. The van der Waals surface area contributed by atoms with E-state index in [9.17, 15) is 14.4 Å². The third-order valence-electron chi connectivity index (χ3n) is 3.57. The molecule has 28 heavy (non-hydrogen) atoms. The number of nitrogens with one attached hydrogen (secondary N) is 2. The largest absolute Gasteiger partial charge is 0.497 e. The van der Waals surface area contributed by atoms with Gasteiger partial charge < -0.3 is 24.8 Å². The molecule has 0 spiro atoms. The average molecular weight is 386 g/mol. The Morgan fingerprint density at radius 1 is 0.857 bits per heavy atom. The van der Waals surface area contributed by atoms with Gasteiger partial charge in [0.2, 0.25) is 0 Å². The van der Waals surface area contributed by atoms with Crippen LogP contribution in [0, 0.1) is 0 Å². The number of carbonyl (C=O) groups is 3. The third kappa shape index (κ3) is 6.73. The van der Waals surface area contributed by atoms with E-state index in [1.807, 2.05) is 0 Å². The topological polar surface area (TPSA) is 103 Å². The summed E-state index contributed by atoms with van der Waals surface area (Å²) < 4.78 is 14.7. The van der Waals surface area contributed by atoms with Crippen molar-refractivity contribution in [1.82, 2.24) is 0 Å². The molecule has 0 aromatic heterocycles. The highest BCUT2D eigenvalue weighted by Crippen LogP contribution is 2.16. The van der Waals surface area contributed by atoms with Crippen molar-refractivity contribution in [2.75, 3.05) is 37.6 Å². The van der Waals surface area contributed by atoms with Crippen molar-refractivity contribution in [2.45, 2.75) is 6.92 Å². The van der Waals surface area contributed by atoms with E-state index >= 15 is 0 Å². The number of ether oxygens (including phenoxy) is 3. The molecule has 8 nitrogen and oxygen atoms in total. The van der Waals surface area contributed by atoms with Gasteiger partial charge in [0.05, 0.1) is 7.11 Å². The van der Waals surface area contributed by atoms with Crippen LogP contribution in [-0.2, 0) is 19.1 Å². The maximum absolute atomic E-state index is 12.3. The number of hydrogen-bond donors (Lipinski definition) is 2. The fourth-order valence-corrected chi connectivity index (χ4v) is 2.15. The van der Waals surface area contributed by atoms with E-state index in [-0.39, 0.29) is 12.5 Å². The van der Waals surface area contributed by atoms with Crippen molar-refractivity contribution in [3.8, 4) is 5.75 Å². The molecule has 2 aromatic rings. The van der Waals surface area contributed by atoms with Crippen LogP contribution in [0.3, 0.4) is 0 Å². The molecule has 0 saturated heterocycles. The van der Waals surface area contributed by atoms with Crippen LogP contribution in [0.1, 0.15) is 17.3 Å². The minimum absolute atomic E-state index is 0.193. The Morgan fingerprint density at radius 3 is 2.07 bits per heavy atom. The van der Waals surface area contributed by atoms with Gasteiger partial charge in [-0.05, 0) is 55.5 Å². The molecule has 0 heterocycles. The van der Waals surface area contributed by atoms with Gasteiger partial charge in [-0.3, -0.25) is 9.59 Å². The third-order valence-corrected chi connectivity index (χ3v) is 3.57. The van der Waals surface area contributed by atoms with E-state index in [0.717, 1.165) is 0 Å². The van der Waals surface area contributed by atoms with Gasteiger partial charge >= 0.3 is 5.97 Å². The lowest BCUT2D eigenvalue weighted by Gasteiger charge is -2.09. The van der Waals surface area contributed by atoms with E-state index in [2.05, 4.69) is 10.6 Å². The normalized spacial score (nSPS) is 10.1.